The van der Waals surface area contributed by atoms with Crippen LogP contribution in [-0.4, -0.2) is 33.0 Å². The predicted molar refractivity (Wildman–Crippen MR) is 111 cm³/mol. The van der Waals surface area contributed by atoms with E-state index >= 15 is 0 Å². The van der Waals surface area contributed by atoms with Crippen molar-refractivity contribution >= 4 is 33.2 Å². The molecule has 7 heteroatoms. The first-order chi connectivity index (χ1) is 13.0. The molecule has 0 radical (unpaired) electrons. The van der Waals surface area contributed by atoms with E-state index in [-0.39, 0.29) is 14.9 Å². The van der Waals surface area contributed by atoms with Gasteiger partial charge in [-0.05, 0) is 49.1 Å². The van der Waals surface area contributed by atoms with Gasteiger partial charge in [-0.3, -0.25) is 4.90 Å². The molecule has 1 N–H and O–H groups in total. The Balaban J connectivity index is 1.38. The molecule has 1 aliphatic heterocycles. The minimum Gasteiger partial charge on any atom is -0.299 e. The second kappa shape index (κ2) is 9.39. The molecule has 0 saturated heterocycles. The highest BCUT2D eigenvalue weighted by atomic mass is 35.5. The summed E-state index contributed by atoms with van der Waals surface area (Å²) in [6, 6.07) is 13.2. The first-order valence-electron chi connectivity index (χ1n) is 9.20. The summed E-state index contributed by atoms with van der Waals surface area (Å²) >= 11 is 11.9. The van der Waals surface area contributed by atoms with Gasteiger partial charge in [-0.15, -0.1) is 0 Å². The number of halogens is 2. The molecule has 0 spiro atoms. The highest BCUT2D eigenvalue weighted by Gasteiger charge is 2.19. The van der Waals surface area contributed by atoms with Gasteiger partial charge in [0.1, 0.15) is 4.90 Å². The van der Waals surface area contributed by atoms with Crippen LogP contribution in [0.1, 0.15) is 30.4 Å². The Morgan fingerprint density at radius 1 is 0.963 bits per heavy atom. The maximum Gasteiger partial charge on any atom is 0.242 e. The molecule has 0 amide bonds. The summed E-state index contributed by atoms with van der Waals surface area (Å²) in [4.78, 5) is 2.50. The third-order valence-electron chi connectivity index (χ3n) is 4.86. The average Bonchev–Trinajstić information content (AvgIpc) is 2.66. The van der Waals surface area contributed by atoms with Crippen molar-refractivity contribution in [3.8, 4) is 0 Å². The van der Waals surface area contributed by atoms with E-state index in [1.807, 2.05) is 0 Å². The second-order valence-electron chi connectivity index (χ2n) is 6.81. The molecule has 27 heavy (non-hydrogen) atoms. The van der Waals surface area contributed by atoms with Crippen LogP contribution < -0.4 is 4.72 Å². The van der Waals surface area contributed by atoms with Gasteiger partial charge in [0.25, 0.3) is 0 Å². The van der Waals surface area contributed by atoms with Crippen molar-refractivity contribution in [1.82, 2.24) is 9.62 Å². The van der Waals surface area contributed by atoms with Crippen LogP contribution >= 0.6 is 23.2 Å². The van der Waals surface area contributed by atoms with Crippen LogP contribution in [-0.2, 0) is 23.0 Å². The highest BCUT2D eigenvalue weighted by Crippen LogP contribution is 2.28. The Hall–Kier alpha value is -1.11. The second-order valence-corrected chi connectivity index (χ2v) is 9.33. The zero-order valence-corrected chi connectivity index (χ0v) is 17.5. The Labute approximate surface area is 171 Å². The number of unbranched alkanes of at least 4 members (excludes halogenated alkanes) is 2. The first kappa shape index (κ1) is 20.6. The van der Waals surface area contributed by atoms with Gasteiger partial charge in [0.15, 0.2) is 0 Å². The molecule has 2 aromatic rings. The molecule has 0 bridgehead atoms. The molecule has 0 aliphatic carbocycles. The first-order valence-corrected chi connectivity index (χ1v) is 11.4. The van der Waals surface area contributed by atoms with Crippen molar-refractivity contribution < 1.29 is 8.42 Å². The zero-order valence-electron chi connectivity index (χ0n) is 15.1. The molecule has 0 saturated carbocycles. The van der Waals surface area contributed by atoms with Crippen molar-refractivity contribution in [2.45, 2.75) is 37.1 Å². The van der Waals surface area contributed by atoms with E-state index in [2.05, 4.69) is 33.9 Å². The molecule has 2 aromatic carbocycles. The van der Waals surface area contributed by atoms with Gasteiger partial charge >= 0.3 is 0 Å². The number of rotatable bonds is 8. The molecule has 0 atom stereocenters. The summed E-state index contributed by atoms with van der Waals surface area (Å²) in [5, 5.41) is 0.305. The molecule has 0 fully saturated rings. The monoisotopic (exact) mass is 426 g/mol. The van der Waals surface area contributed by atoms with E-state index in [4.69, 9.17) is 23.2 Å². The Bertz CT molecular complexity index is 887. The Morgan fingerprint density at radius 2 is 1.74 bits per heavy atom. The van der Waals surface area contributed by atoms with Crippen molar-refractivity contribution in [3.63, 3.8) is 0 Å². The van der Waals surface area contributed by atoms with Gasteiger partial charge in [-0.2, -0.15) is 0 Å². The summed E-state index contributed by atoms with van der Waals surface area (Å²) in [5.74, 6) is 0. The maximum atomic E-state index is 12.3. The van der Waals surface area contributed by atoms with Crippen molar-refractivity contribution in [2.75, 3.05) is 19.6 Å². The quantitative estimate of drug-likeness (QED) is 0.631. The Kier molecular flexibility index (Phi) is 7.17. The number of hydrogen-bond donors (Lipinski definition) is 1. The smallest absolute Gasteiger partial charge is 0.242 e. The van der Waals surface area contributed by atoms with Gasteiger partial charge in [-0.25, -0.2) is 13.1 Å². The fraction of sp³-hybridized carbons (Fsp3) is 0.400. The van der Waals surface area contributed by atoms with E-state index in [0.29, 0.717) is 6.54 Å². The fourth-order valence-electron chi connectivity index (χ4n) is 3.36. The van der Waals surface area contributed by atoms with Crippen LogP contribution in [0, 0.1) is 0 Å². The molecule has 146 valence electrons. The third-order valence-corrected chi connectivity index (χ3v) is 7.29. The number of fused-ring (bicyclic) bond motifs is 1. The van der Waals surface area contributed by atoms with Crippen molar-refractivity contribution in [1.29, 1.82) is 0 Å². The van der Waals surface area contributed by atoms with Crippen LogP contribution in [0.2, 0.25) is 10.0 Å². The molecule has 4 nitrogen and oxygen atoms in total. The van der Waals surface area contributed by atoms with Gasteiger partial charge in [0, 0.05) is 19.6 Å². The van der Waals surface area contributed by atoms with Crippen molar-refractivity contribution in [3.05, 3.63) is 63.6 Å². The summed E-state index contributed by atoms with van der Waals surface area (Å²) in [6.07, 6.45) is 3.93. The molecule has 0 unspecified atom stereocenters. The summed E-state index contributed by atoms with van der Waals surface area (Å²) < 4.78 is 27.3. The fourth-order valence-corrected chi connectivity index (χ4v) is 5.19. The van der Waals surface area contributed by atoms with Gasteiger partial charge in [-0.1, -0.05) is 60.0 Å². The number of hydrogen-bond acceptors (Lipinski definition) is 3. The Morgan fingerprint density at radius 3 is 2.56 bits per heavy atom. The lowest BCUT2D eigenvalue weighted by atomic mass is 10.00. The SMILES string of the molecule is O=S(=O)(NCCCCCN1CCc2ccccc2C1)c1cccc(Cl)c1Cl. The zero-order chi connectivity index (χ0) is 19.3. The van der Waals surface area contributed by atoms with E-state index in [9.17, 15) is 8.42 Å². The normalized spacial score (nSPS) is 14.9. The number of sulfonamides is 1. The molecular formula is C20H24Cl2N2O2S. The topological polar surface area (TPSA) is 49.4 Å². The third kappa shape index (κ3) is 5.46. The van der Waals surface area contributed by atoms with Crippen LogP contribution in [0.3, 0.4) is 0 Å². The van der Waals surface area contributed by atoms with E-state index in [1.165, 1.54) is 17.2 Å². The number of nitrogens with zero attached hydrogens (tertiary/aromatic N) is 1. The lowest BCUT2D eigenvalue weighted by molar-refractivity contribution is 0.248. The van der Waals surface area contributed by atoms with Gasteiger partial charge < -0.3 is 0 Å². The molecule has 0 aromatic heterocycles. The average molecular weight is 427 g/mol. The van der Waals surface area contributed by atoms with Crippen LogP contribution in [0.5, 0.6) is 0 Å². The van der Waals surface area contributed by atoms with E-state index in [1.54, 1.807) is 12.1 Å². The predicted octanol–water partition coefficient (Wildman–Crippen LogP) is 4.50. The summed E-state index contributed by atoms with van der Waals surface area (Å²) in [5.41, 5.74) is 2.89. The van der Waals surface area contributed by atoms with Gasteiger partial charge in [0.2, 0.25) is 10.0 Å². The molecule has 3 rings (SSSR count). The molecule has 1 aliphatic rings. The molecule has 1 heterocycles. The van der Waals surface area contributed by atoms with E-state index in [0.717, 1.165) is 45.3 Å². The highest BCUT2D eigenvalue weighted by molar-refractivity contribution is 7.89. The van der Waals surface area contributed by atoms with Crippen LogP contribution in [0.4, 0.5) is 0 Å². The number of benzene rings is 2. The minimum absolute atomic E-state index is 0.0312. The standard InChI is InChI=1S/C20H24Cl2N2O2S/c21-18-9-6-10-19(20(18)22)27(25,26)23-12-4-1-5-13-24-14-11-16-7-2-3-8-17(16)15-24/h2-3,6-10,23H,1,4-5,11-15H2. The van der Waals surface area contributed by atoms with E-state index < -0.39 is 10.0 Å². The van der Waals surface area contributed by atoms with Gasteiger partial charge in [0.05, 0.1) is 10.0 Å². The van der Waals surface area contributed by atoms with Crippen LogP contribution in [0.15, 0.2) is 47.4 Å². The van der Waals surface area contributed by atoms with Crippen LogP contribution in [0.25, 0.3) is 0 Å². The lowest BCUT2D eigenvalue weighted by Crippen LogP contribution is -2.31. The number of nitrogens with one attached hydrogen (secondary N) is 1. The summed E-state index contributed by atoms with van der Waals surface area (Å²) in [6.45, 7) is 3.54. The molecular weight excluding hydrogens is 403 g/mol. The lowest BCUT2D eigenvalue weighted by Gasteiger charge is -2.28. The largest absolute Gasteiger partial charge is 0.299 e. The summed E-state index contributed by atoms with van der Waals surface area (Å²) in [7, 11) is -3.63. The minimum atomic E-state index is -3.63. The van der Waals surface area contributed by atoms with Crippen molar-refractivity contribution in [2.24, 2.45) is 0 Å². The maximum absolute atomic E-state index is 12.3.